The molecule has 2 rings (SSSR count). The van der Waals surface area contributed by atoms with Crippen LogP contribution in [0.2, 0.25) is 0 Å². The van der Waals surface area contributed by atoms with Gasteiger partial charge in [-0.3, -0.25) is 0 Å². The molecule has 24 heavy (non-hydrogen) atoms. The second-order valence-corrected chi connectivity index (χ2v) is 7.21. The number of hydrogen-bond donors (Lipinski definition) is 0. The SMILES string of the molecule is CC(C)(C)OC(=O)N1CCC(CC(=C=O)c2cccc(F)c2)CC1. The van der Waals surface area contributed by atoms with E-state index in [4.69, 9.17) is 4.74 Å². The molecule has 1 amide bonds. The topological polar surface area (TPSA) is 46.6 Å². The van der Waals surface area contributed by atoms with Crippen LogP contribution in [-0.2, 0) is 9.53 Å². The molecule has 0 saturated carbocycles. The highest BCUT2D eigenvalue weighted by atomic mass is 19.1. The van der Waals surface area contributed by atoms with Crippen LogP contribution in [0, 0.1) is 11.7 Å². The van der Waals surface area contributed by atoms with E-state index in [0.29, 0.717) is 30.6 Å². The van der Waals surface area contributed by atoms with Gasteiger partial charge in [-0.05, 0) is 63.6 Å². The fraction of sp³-hybridized carbons (Fsp3) is 0.526. The smallest absolute Gasteiger partial charge is 0.410 e. The highest BCUT2D eigenvalue weighted by molar-refractivity contribution is 5.87. The summed E-state index contributed by atoms with van der Waals surface area (Å²) in [4.78, 5) is 25.0. The number of hydrogen-bond acceptors (Lipinski definition) is 3. The Bertz CT molecular complexity index is 636. The number of amides is 1. The van der Waals surface area contributed by atoms with Crippen LogP contribution in [0.25, 0.3) is 5.57 Å². The standard InChI is InChI=1S/C19H24FNO3/c1-19(2,3)24-18(23)21-9-7-14(8-10-21)11-16(13-22)15-5-4-6-17(20)12-15/h4-6,12,14H,7-11H2,1-3H3. The molecular formula is C19H24FNO3. The van der Waals surface area contributed by atoms with Crippen molar-refractivity contribution >= 4 is 17.6 Å². The minimum atomic E-state index is -0.501. The fourth-order valence-corrected chi connectivity index (χ4v) is 2.83. The molecule has 0 unspecified atom stereocenters. The maximum Gasteiger partial charge on any atom is 0.410 e. The zero-order valence-electron chi connectivity index (χ0n) is 14.5. The van der Waals surface area contributed by atoms with Crippen LogP contribution in [0.1, 0.15) is 45.6 Å². The molecule has 0 bridgehead atoms. The number of benzene rings is 1. The van der Waals surface area contributed by atoms with Crippen LogP contribution in [-0.4, -0.2) is 35.6 Å². The molecule has 4 nitrogen and oxygen atoms in total. The molecule has 0 radical (unpaired) electrons. The fourth-order valence-electron chi connectivity index (χ4n) is 2.83. The van der Waals surface area contributed by atoms with Crippen molar-refractivity contribution in [1.82, 2.24) is 4.90 Å². The highest BCUT2D eigenvalue weighted by Gasteiger charge is 2.27. The molecule has 0 aromatic heterocycles. The van der Waals surface area contributed by atoms with E-state index < -0.39 is 5.60 Å². The van der Waals surface area contributed by atoms with Crippen LogP contribution >= 0.6 is 0 Å². The Balaban J connectivity index is 1.90. The van der Waals surface area contributed by atoms with Crippen LogP contribution in [0.4, 0.5) is 9.18 Å². The minimum absolute atomic E-state index is 0.281. The van der Waals surface area contributed by atoms with Crippen molar-refractivity contribution in [1.29, 1.82) is 0 Å². The third-order valence-corrected chi connectivity index (χ3v) is 4.06. The molecule has 1 aromatic carbocycles. The molecule has 0 aliphatic carbocycles. The summed E-state index contributed by atoms with van der Waals surface area (Å²) in [5.41, 5.74) is 0.573. The predicted molar refractivity (Wildman–Crippen MR) is 90.6 cm³/mol. The third kappa shape index (κ3) is 5.20. The first-order valence-corrected chi connectivity index (χ1v) is 8.26. The monoisotopic (exact) mass is 333 g/mol. The zero-order valence-corrected chi connectivity index (χ0v) is 14.5. The number of allylic oxidation sites excluding steroid dienone is 1. The summed E-state index contributed by atoms with van der Waals surface area (Å²) in [6.07, 6.45) is 1.84. The Morgan fingerprint density at radius 2 is 2.00 bits per heavy atom. The molecule has 1 aliphatic rings. The quantitative estimate of drug-likeness (QED) is 0.783. The lowest BCUT2D eigenvalue weighted by atomic mass is 9.88. The van der Waals surface area contributed by atoms with Gasteiger partial charge in [0.1, 0.15) is 17.4 Å². The van der Waals surface area contributed by atoms with E-state index in [1.807, 2.05) is 26.7 Å². The molecular weight excluding hydrogens is 309 g/mol. The molecule has 1 aliphatic heterocycles. The summed E-state index contributed by atoms with van der Waals surface area (Å²) < 4.78 is 18.7. The highest BCUT2D eigenvalue weighted by Crippen LogP contribution is 2.28. The second-order valence-electron chi connectivity index (χ2n) is 7.21. The Hall–Kier alpha value is -2.13. The molecule has 1 saturated heterocycles. The lowest BCUT2D eigenvalue weighted by Gasteiger charge is -2.33. The maximum atomic E-state index is 13.3. The minimum Gasteiger partial charge on any atom is -0.444 e. The Labute approximate surface area is 142 Å². The van der Waals surface area contributed by atoms with Crippen molar-refractivity contribution in [2.75, 3.05) is 13.1 Å². The maximum absolute atomic E-state index is 13.3. The summed E-state index contributed by atoms with van der Waals surface area (Å²) in [6, 6.07) is 6.02. The van der Waals surface area contributed by atoms with Gasteiger partial charge in [0, 0.05) is 18.7 Å². The third-order valence-electron chi connectivity index (χ3n) is 4.06. The summed E-state index contributed by atoms with van der Waals surface area (Å²) in [5.74, 6) is 1.87. The van der Waals surface area contributed by atoms with E-state index in [1.165, 1.54) is 12.1 Å². The molecule has 0 atom stereocenters. The van der Waals surface area contributed by atoms with Gasteiger partial charge < -0.3 is 9.64 Å². The van der Waals surface area contributed by atoms with E-state index in [2.05, 4.69) is 0 Å². The van der Waals surface area contributed by atoms with E-state index in [-0.39, 0.29) is 17.8 Å². The molecule has 130 valence electrons. The number of nitrogens with zero attached hydrogens (tertiary/aromatic N) is 1. The van der Waals surface area contributed by atoms with Crippen LogP contribution in [0.3, 0.4) is 0 Å². The van der Waals surface area contributed by atoms with Gasteiger partial charge in [-0.2, -0.15) is 0 Å². The molecule has 1 heterocycles. The molecule has 1 aromatic rings. The number of rotatable bonds is 3. The van der Waals surface area contributed by atoms with Crippen LogP contribution in [0.5, 0.6) is 0 Å². The predicted octanol–water partition coefficient (Wildman–Crippen LogP) is 4.08. The van der Waals surface area contributed by atoms with Crippen molar-refractivity contribution in [2.24, 2.45) is 5.92 Å². The van der Waals surface area contributed by atoms with E-state index >= 15 is 0 Å². The normalized spacial score (nSPS) is 15.8. The van der Waals surface area contributed by atoms with Gasteiger partial charge in [0.05, 0.1) is 0 Å². The first-order chi connectivity index (χ1) is 11.3. The van der Waals surface area contributed by atoms with Gasteiger partial charge in [0.15, 0.2) is 0 Å². The summed E-state index contributed by atoms with van der Waals surface area (Å²) in [6.45, 7) is 6.75. The summed E-state index contributed by atoms with van der Waals surface area (Å²) >= 11 is 0. The van der Waals surface area contributed by atoms with Crippen molar-refractivity contribution in [3.8, 4) is 0 Å². The molecule has 0 spiro atoms. The van der Waals surface area contributed by atoms with Gasteiger partial charge in [-0.1, -0.05) is 12.1 Å². The van der Waals surface area contributed by atoms with Crippen LogP contribution in [0.15, 0.2) is 24.3 Å². The van der Waals surface area contributed by atoms with Gasteiger partial charge >= 0.3 is 6.09 Å². The van der Waals surface area contributed by atoms with Gasteiger partial charge in [0.25, 0.3) is 0 Å². The lowest BCUT2D eigenvalue weighted by Crippen LogP contribution is -2.41. The van der Waals surface area contributed by atoms with Gasteiger partial charge in [0.2, 0.25) is 0 Å². The second kappa shape index (κ2) is 7.63. The first-order valence-electron chi connectivity index (χ1n) is 8.26. The number of halogens is 1. The van der Waals surface area contributed by atoms with Gasteiger partial charge in [-0.15, -0.1) is 0 Å². The van der Waals surface area contributed by atoms with Crippen molar-refractivity contribution < 1.29 is 18.7 Å². The average Bonchev–Trinajstić information content (AvgIpc) is 2.51. The van der Waals surface area contributed by atoms with Crippen molar-refractivity contribution in [3.05, 3.63) is 35.6 Å². The summed E-state index contributed by atoms with van der Waals surface area (Å²) in [5, 5.41) is 0. The molecule has 5 heteroatoms. The van der Waals surface area contributed by atoms with Crippen LogP contribution < -0.4 is 0 Å². The summed E-state index contributed by atoms with van der Waals surface area (Å²) in [7, 11) is 0. The zero-order chi connectivity index (χ0) is 17.7. The number of carbonyl (C=O) groups excluding carboxylic acids is 2. The van der Waals surface area contributed by atoms with Gasteiger partial charge in [-0.25, -0.2) is 14.0 Å². The Kier molecular flexibility index (Phi) is 5.79. The molecule has 1 fully saturated rings. The van der Waals surface area contributed by atoms with E-state index in [1.54, 1.807) is 17.0 Å². The molecule has 0 N–H and O–H groups in total. The average molecular weight is 333 g/mol. The Morgan fingerprint density at radius 3 is 2.54 bits per heavy atom. The number of likely N-dealkylation sites (tertiary alicyclic amines) is 1. The number of ether oxygens (including phenoxy) is 1. The Morgan fingerprint density at radius 1 is 1.33 bits per heavy atom. The number of carbonyl (C=O) groups is 1. The number of piperidine rings is 1. The van der Waals surface area contributed by atoms with Crippen molar-refractivity contribution in [2.45, 2.75) is 45.6 Å². The first kappa shape index (κ1) is 18.2. The van der Waals surface area contributed by atoms with Crippen molar-refractivity contribution in [3.63, 3.8) is 0 Å². The lowest BCUT2D eigenvalue weighted by molar-refractivity contribution is 0.0186. The van der Waals surface area contributed by atoms with E-state index in [9.17, 15) is 14.0 Å². The largest absolute Gasteiger partial charge is 0.444 e. The van der Waals surface area contributed by atoms with E-state index in [0.717, 1.165) is 12.8 Å².